The van der Waals surface area contributed by atoms with Gasteiger partial charge in [-0.3, -0.25) is 0 Å². The van der Waals surface area contributed by atoms with Crippen LogP contribution in [0.25, 0.3) is 0 Å². The van der Waals surface area contributed by atoms with E-state index in [4.69, 9.17) is 4.74 Å². The number of nitrogens with zero attached hydrogens (tertiary/aromatic N) is 2. The molecule has 6 nitrogen and oxygen atoms in total. The molecule has 1 fully saturated rings. The molecule has 1 aliphatic rings. The largest absolute Gasteiger partial charge is 0.494 e. The van der Waals surface area contributed by atoms with Gasteiger partial charge in [-0.2, -0.15) is 13.2 Å². The lowest BCUT2D eigenvalue weighted by Gasteiger charge is -2.33. The summed E-state index contributed by atoms with van der Waals surface area (Å²) in [6.07, 6.45) is -2.31. The van der Waals surface area contributed by atoms with E-state index in [0.717, 1.165) is 17.1 Å². The molecule has 0 spiro atoms. The van der Waals surface area contributed by atoms with Gasteiger partial charge in [0, 0.05) is 38.9 Å². The third-order valence-electron chi connectivity index (χ3n) is 5.19. The summed E-state index contributed by atoms with van der Waals surface area (Å²) in [6, 6.07) is 7.60. The van der Waals surface area contributed by atoms with Crippen LogP contribution in [0, 0.1) is 5.92 Å². The van der Waals surface area contributed by atoms with E-state index in [-0.39, 0.29) is 12.8 Å². The first-order valence-corrected chi connectivity index (χ1v) is 9.48. The SMILES string of the molecule is CNc1ccc(Nc2cnc(N3CCC(C(F)(F)F)CC3)cc2OC)cc1NC. The standard InChI is InChI=1S/C20H26F3N5O/c1-24-15-5-4-14(10-16(15)25-2)27-17-12-26-19(11-18(17)29-3)28-8-6-13(7-9-28)20(21,22)23/h4-5,10-13,24-25,27H,6-9H2,1-3H3. The van der Waals surface area contributed by atoms with Gasteiger partial charge in [-0.1, -0.05) is 0 Å². The molecule has 1 aromatic heterocycles. The van der Waals surface area contributed by atoms with Gasteiger partial charge in [-0.05, 0) is 31.0 Å². The highest BCUT2D eigenvalue weighted by molar-refractivity contribution is 5.77. The molecule has 0 atom stereocenters. The van der Waals surface area contributed by atoms with Crippen molar-refractivity contribution < 1.29 is 17.9 Å². The van der Waals surface area contributed by atoms with Crippen LogP contribution in [-0.4, -0.2) is 45.5 Å². The average molecular weight is 409 g/mol. The fourth-order valence-corrected chi connectivity index (χ4v) is 3.50. The van der Waals surface area contributed by atoms with Crippen LogP contribution in [0.4, 0.5) is 41.7 Å². The van der Waals surface area contributed by atoms with Crippen LogP contribution >= 0.6 is 0 Å². The lowest BCUT2D eigenvalue weighted by molar-refractivity contribution is -0.179. The van der Waals surface area contributed by atoms with Crippen molar-refractivity contribution in [2.75, 3.05) is 55.1 Å². The molecule has 158 valence electrons. The number of methoxy groups -OCH3 is 1. The molecule has 2 aromatic rings. The monoisotopic (exact) mass is 409 g/mol. The molecular weight excluding hydrogens is 383 g/mol. The number of halogens is 3. The van der Waals surface area contributed by atoms with Gasteiger partial charge < -0.3 is 25.6 Å². The zero-order chi connectivity index (χ0) is 21.0. The lowest BCUT2D eigenvalue weighted by Crippen LogP contribution is -2.39. The minimum absolute atomic E-state index is 0.0815. The van der Waals surface area contributed by atoms with Crippen molar-refractivity contribution in [3.63, 3.8) is 0 Å². The number of piperidine rings is 1. The summed E-state index contributed by atoms with van der Waals surface area (Å²) in [5.41, 5.74) is 3.45. The highest BCUT2D eigenvalue weighted by Crippen LogP contribution is 2.37. The van der Waals surface area contributed by atoms with E-state index < -0.39 is 12.1 Å². The van der Waals surface area contributed by atoms with Crippen LogP contribution < -0.4 is 25.6 Å². The maximum Gasteiger partial charge on any atom is 0.391 e. The van der Waals surface area contributed by atoms with Crippen molar-refractivity contribution in [3.8, 4) is 5.75 Å². The molecule has 1 aliphatic heterocycles. The molecule has 0 saturated carbocycles. The first-order chi connectivity index (χ1) is 13.9. The predicted molar refractivity (Wildman–Crippen MR) is 111 cm³/mol. The van der Waals surface area contributed by atoms with Crippen LogP contribution in [0.1, 0.15) is 12.8 Å². The first kappa shape index (κ1) is 20.9. The second-order valence-electron chi connectivity index (χ2n) is 6.93. The summed E-state index contributed by atoms with van der Waals surface area (Å²) in [5.74, 6) is -0.0327. The van der Waals surface area contributed by atoms with E-state index in [1.54, 1.807) is 19.4 Å². The molecule has 0 amide bonds. The lowest BCUT2D eigenvalue weighted by atomic mass is 9.96. The van der Waals surface area contributed by atoms with Crippen LogP contribution in [0.3, 0.4) is 0 Å². The second-order valence-corrected chi connectivity index (χ2v) is 6.93. The van der Waals surface area contributed by atoms with Crippen LogP contribution in [-0.2, 0) is 0 Å². The van der Waals surface area contributed by atoms with Gasteiger partial charge >= 0.3 is 6.18 Å². The van der Waals surface area contributed by atoms with Gasteiger partial charge in [0.25, 0.3) is 0 Å². The number of hydrogen-bond donors (Lipinski definition) is 3. The predicted octanol–water partition coefficient (Wildman–Crippen LogP) is 4.70. The summed E-state index contributed by atoms with van der Waals surface area (Å²) >= 11 is 0. The van der Waals surface area contributed by atoms with Gasteiger partial charge in [0.1, 0.15) is 11.6 Å². The molecule has 3 N–H and O–H groups in total. The number of ether oxygens (including phenoxy) is 1. The number of aromatic nitrogens is 1. The topological polar surface area (TPSA) is 61.5 Å². The third-order valence-corrected chi connectivity index (χ3v) is 5.19. The van der Waals surface area contributed by atoms with Crippen molar-refractivity contribution in [1.82, 2.24) is 4.98 Å². The molecule has 1 saturated heterocycles. The van der Waals surface area contributed by atoms with E-state index in [1.165, 1.54) is 0 Å². The minimum atomic E-state index is -4.12. The smallest absolute Gasteiger partial charge is 0.391 e. The Labute approximate surface area is 168 Å². The summed E-state index contributed by atoms with van der Waals surface area (Å²) in [7, 11) is 5.26. The summed E-state index contributed by atoms with van der Waals surface area (Å²) < 4.78 is 44.1. The molecule has 1 aromatic carbocycles. The fourth-order valence-electron chi connectivity index (χ4n) is 3.50. The van der Waals surface area contributed by atoms with Crippen molar-refractivity contribution >= 4 is 28.6 Å². The number of benzene rings is 1. The van der Waals surface area contributed by atoms with Crippen LogP contribution in [0.5, 0.6) is 5.75 Å². The maximum atomic E-state index is 12.9. The number of rotatable bonds is 6. The summed E-state index contributed by atoms with van der Waals surface area (Å²) in [5, 5.41) is 9.53. The molecule has 2 heterocycles. The number of pyridine rings is 1. The van der Waals surface area contributed by atoms with Crippen molar-refractivity contribution in [2.45, 2.75) is 19.0 Å². The van der Waals surface area contributed by atoms with Crippen molar-refractivity contribution in [3.05, 3.63) is 30.5 Å². The first-order valence-electron chi connectivity index (χ1n) is 9.48. The molecular formula is C20H26F3N5O. The Morgan fingerprint density at radius 1 is 1.03 bits per heavy atom. The zero-order valence-electron chi connectivity index (χ0n) is 16.7. The number of hydrogen-bond acceptors (Lipinski definition) is 6. The Morgan fingerprint density at radius 3 is 2.31 bits per heavy atom. The summed E-state index contributed by atoms with van der Waals surface area (Å²) in [4.78, 5) is 6.32. The molecule has 0 aliphatic carbocycles. The van der Waals surface area contributed by atoms with E-state index in [2.05, 4.69) is 20.9 Å². The van der Waals surface area contributed by atoms with E-state index in [0.29, 0.717) is 30.3 Å². The van der Waals surface area contributed by atoms with Crippen LogP contribution in [0.2, 0.25) is 0 Å². The van der Waals surface area contributed by atoms with Crippen molar-refractivity contribution in [1.29, 1.82) is 0 Å². The average Bonchev–Trinajstić information content (AvgIpc) is 2.73. The fraction of sp³-hybridized carbons (Fsp3) is 0.450. The Hall–Kier alpha value is -2.84. The van der Waals surface area contributed by atoms with Crippen molar-refractivity contribution in [2.24, 2.45) is 5.92 Å². The van der Waals surface area contributed by atoms with Gasteiger partial charge in [0.05, 0.1) is 36.3 Å². The number of anilines is 5. The van der Waals surface area contributed by atoms with E-state index in [1.807, 2.05) is 37.2 Å². The quantitative estimate of drug-likeness (QED) is 0.643. The highest BCUT2D eigenvalue weighted by atomic mass is 19.4. The second kappa shape index (κ2) is 8.67. The number of alkyl halides is 3. The Bertz CT molecular complexity index is 835. The van der Waals surface area contributed by atoms with Gasteiger partial charge in [0.2, 0.25) is 0 Å². The normalized spacial score (nSPS) is 15.2. The Balaban J connectivity index is 1.74. The summed E-state index contributed by atoms with van der Waals surface area (Å²) in [6.45, 7) is 0.647. The molecule has 3 rings (SSSR count). The Kier molecular flexibility index (Phi) is 6.24. The van der Waals surface area contributed by atoms with E-state index >= 15 is 0 Å². The number of nitrogens with one attached hydrogen (secondary N) is 3. The molecule has 29 heavy (non-hydrogen) atoms. The van der Waals surface area contributed by atoms with Gasteiger partial charge in [-0.25, -0.2) is 4.98 Å². The van der Waals surface area contributed by atoms with Gasteiger partial charge in [-0.15, -0.1) is 0 Å². The molecule has 0 radical (unpaired) electrons. The Morgan fingerprint density at radius 2 is 1.72 bits per heavy atom. The maximum absolute atomic E-state index is 12.9. The molecule has 0 unspecified atom stereocenters. The minimum Gasteiger partial charge on any atom is -0.494 e. The third kappa shape index (κ3) is 4.78. The highest BCUT2D eigenvalue weighted by Gasteiger charge is 2.41. The zero-order valence-corrected chi connectivity index (χ0v) is 16.7. The molecule has 0 bridgehead atoms. The van der Waals surface area contributed by atoms with Crippen LogP contribution in [0.15, 0.2) is 30.5 Å². The van der Waals surface area contributed by atoms with Gasteiger partial charge in [0.15, 0.2) is 0 Å². The van der Waals surface area contributed by atoms with E-state index in [9.17, 15) is 13.2 Å². The molecule has 9 heteroatoms.